The molecular weight excluding hydrogens is 398 g/mol. The van der Waals surface area contributed by atoms with Crippen molar-refractivity contribution in [3.63, 3.8) is 0 Å². The highest BCUT2D eigenvalue weighted by molar-refractivity contribution is 6.34. The van der Waals surface area contributed by atoms with Crippen LogP contribution in [0, 0.1) is 5.41 Å². The molecule has 30 heavy (non-hydrogen) atoms. The Morgan fingerprint density at radius 1 is 1.03 bits per heavy atom. The van der Waals surface area contributed by atoms with E-state index in [9.17, 15) is 9.59 Å². The van der Waals surface area contributed by atoms with Crippen LogP contribution in [0.3, 0.4) is 0 Å². The van der Waals surface area contributed by atoms with E-state index in [1.807, 2.05) is 25.1 Å². The van der Waals surface area contributed by atoms with Crippen molar-refractivity contribution in [3.8, 4) is 0 Å². The number of benzene rings is 2. The second kappa shape index (κ2) is 8.65. The second-order valence-corrected chi connectivity index (χ2v) is 8.49. The number of hydrogen-bond donors (Lipinski definition) is 1. The lowest BCUT2D eigenvalue weighted by Gasteiger charge is -2.43. The van der Waals surface area contributed by atoms with Crippen LogP contribution in [0.25, 0.3) is 5.70 Å². The molecule has 1 amide bonds. The van der Waals surface area contributed by atoms with E-state index in [4.69, 9.17) is 16.3 Å². The maximum absolute atomic E-state index is 13.2. The van der Waals surface area contributed by atoms with Crippen molar-refractivity contribution >= 4 is 29.2 Å². The van der Waals surface area contributed by atoms with Gasteiger partial charge in [-0.05, 0) is 43.9 Å². The molecule has 0 bridgehead atoms. The summed E-state index contributed by atoms with van der Waals surface area (Å²) in [5.74, 6) is -0.650. The molecule has 2 aromatic rings. The molecular formula is C25H26ClNO3. The lowest BCUT2D eigenvalue weighted by atomic mass is 9.62. The number of ether oxygens (including phenoxy) is 1. The normalized spacial score (nSPS) is 17.4. The van der Waals surface area contributed by atoms with Gasteiger partial charge in [0.2, 0.25) is 0 Å². The minimum absolute atomic E-state index is 0.297. The van der Waals surface area contributed by atoms with E-state index in [1.165, 1.54) is 6.42 Å². The van der Waals surface area contributed by atoms with E-state index in [2.05, 4.69) is 11.4 Å². The highest BCUT2D eigenvalue weighted by Crippen LogP contribution is 2.51. The average Bonchev–Trinajstić information content (AvgIpc) is 2.74. The van der Waals surface area contributed by atoms with Gasteiger partial charge >= 0.3 is 5.97 Å². The molecule has 2 aliphatic rings. The van der Waals surface area contributed by atoms with Gasteiger partial charge in [-0.3, -0.25) is 4.79 Å². The number of nitrogens with one attached hydrogen (secondary N) is 1. The summed E-state index contributed by atoms with van der Waals surface area (Å²) < 4.78 is 5.49. The molecule has 4 rings (SSSR count). The van der Waals surface area contributed by atoms with Crippen molar-refractivity contribution < 1.29 is 14.3 Å². The summed E-state index contributed by atoms with van der Waals surface area (Å²) in [4.78, 5) is 26.4. The Balaban J connectivity index is 1.87. The number of carbonyl (C=O) groups is 2. The molecule has 1 saturated carbocycles. The van der Waals surface area contributed by atoms with Gasteiger partial charge in [0, 0.05) is 11.0 Å². The predicted octanol–water partition coefficient (Wildman–Crippen LogP) is 5.55. The number of esters is 1. The first kappa shape index (κ1) is 20.7. The number of carbonyl (C=O) groups excluding carboxylic acids is 2. The summed E-state index contributed by atoms with van der Waals surface area (Å²) in [6.45, 7) is 2.11. The van der Waals surface area contributed by atoms with Gasteiger partial charge in [0.1, 0.15) is 0 Å². The largest absolute Gasteiger partial charge is 0.463 e. The van der Waals surface area contributed by atoms with Crippen LogP contribution in [-0.2, 0) is 16.0 Å². The molecule has 0 aromatic heterocycles. The number of amides is 1. The zero-order chi connectivity index (χ0) is 21.1. The summed E-state index contributed by atoms with van der Waals surface area (Å²) in [6, 6.07) is 14.9. The fourth-order valence-corrected chi connectivity index (χ4v) is 5.13. The zero-order valence-electron chi connectivity index (χ0n) is 17.2. The molecule has 2 aliphatic carbocycles. The van der Waals surface area contributed by atoms with Gasteiger partial charge in [0.25, 0.3) is 5.91 Å². The topological polar surface area (TPSA) is 55.4 Å². The molecule has 0 saturated heterocycles. The Morgan fingerprint density at radius 2 is 1.73 bits per heavy atom. The second-order valence-electron chi connectivity index (χ2n) is 8.08. The van der Waals surface area contributed by atoms with Crippen LogP contribution >= 0.6 is 11.6 Å². The first-order valence-corrected chi connectivity index (χ1v) is 11.0. The number of fused-ring (bicyclic) bond motifs is 1. The molecule has 0 heterocycles. The number of halogens is 1. The molecule has 1 spiro atoms. The fourth-order valence-electron chi connectivity index (χ4n) is 4.90. The van der Waals surface area contributed by atoms with Gasteiger partial charge < -0.3 is 10.1 Å². The summed E-state index contributed by atoms with van der Waals surface area (Å²) in [6.07, 6.45) is 5.93. The van der Waals surface area contributed by atoms with Gasteiger partial charge in [-0.1, -0.05) is 67.3 Å². The van der Waals surface area contributed by atoms with Crippen LogP contribution in [0.5, 0.6) is 0 Å². The third-order valence-electron chi connectivity index (χ3n) is 6.24. The van der Waals surface area contributed by atoms with Crippen LogP contribution in [0.4, 0.5) is 0 Å². The molecule has 4 nitrogen and oxygen atoms in total. The van der Waals surface area contributed by atoms with Crippen LogP contribution in [-0.4, -0.2) is 18.5 Å². The van der Waals surface area contributed by atoms with Crippen LogP contribution in [0.2, 0.25) is 5.02 Å². The standard InChI is InChI=1S/C25H26ClNO3/c1-2-30-24(29)21-22(27-23(28)19-12-6-7-13-20(19)26)18-11-5-4-10-17(18)16-25(21)14-8-3-9-15-25/h4-7,10-13H,2-3,8-9,14-16H2,1H3,(H,27,28). The number of rotatable bonds is 4. The van der Waals surface area contributed by atoms with E-state index in [0.29, 0.717) is 28.5 Å². The van der Waals surface area contributed by atoms with Crippen molar-refractivity contribution in [2.24, 2.45) is 5.41 Å². The molecule has 156 valence electrons. The van der Waals surface area contributed by atoms with E-state index < -0.39 is 0 Å². The molecule has 0 aliphatic heterocycles. The summed E-state index contributed by atoms with van der Waals surface area (Å²) in [7, 11) is 0. The summed E-state index contributed by atoms with van der Waals surface area (Å²) in [5, 5.41) is 3.43. The van der Waals surface area contributed by atoms with Gasteiger partial charge in [-0.25, -0.2) is 4.79 Å². The SMILES string of the molecule is CCOC(=O)C1=C(NC(=O)c2ccccc2Cl)c2ccccc2CC12CCCCC2. The van der Waals surface area contributed by atoms with E-state index in [1.54, 1.807) is 24.3 Å². The van der Waals surface area contributed by atoms with Crippen LogP contribution < -0.4 is 5.32 Å². The third-order valence-corrected chi connectivity index (χ3v) is 6.57. The number of hydrogen-bond acceptors (Lipinski definition) is 3. The highest BCUT2D eigenvalue weighted by atomic mass is 35.5. The Kier molecular flexibility index (Phi) is 5.96. The molecule has 0 unspecified atom stereocenters. The van der Waals surface area contributed by atoms with E-state index in [0.717, 1.165) is 43.2 Å². The van der Waals surface area contributed by atoms with Crippen molar-refractivity contribution in [2.45, 2.75) is 45.4 Å². The fraction of sp³-hybridized carbons (Fsp3) is 0.360. The van der Waals surface area contributed by atoms with Gasteiger partial charge in [0.05, 0.1) is 28.5 Å². The maximum Gasteiger partial charge on any atom is 0.336 e. The van der Waals surface area contributed by atoms with E-state index >= 15 is 0 Å². The molecule has 0 radical (unpaired) electrons. The maximum atomic E-state index is 13.2. The Hall–Kier alpha value is -2.59. The first-order valence-electron chi connectivity index (χ1n) is 10.6. The van der Waals surface area contributed by atoms with Crippen LogP contribution in [0.15, 0.2) is 54.1 Å². The Bertz CT molecular complexity index is 1000. The first-order chi connectivity index (χ1) is 14.6. The van der Waals surface area contributed by atoms with Crippen molar-refractivity contribution in [1.29, 1.82) is 0 Å². The molecule has 1 fully saturated rings. The van der Waals surface area contributed by atoms with Gasteiger partial charge in [-0.15, -0.1) is 0 Å². The lowest BCUT2D eigenvalue weighted by Crippen LogP contribution is -2.40. The van der Waals surface area contributed by atoms with Gasteiger partial charge in [0.15, 0.2) is 0 Å². The summed E-state index contributed by atoms with van der Waals surface area (Å²) in [5.41, 5.74) is 3.31. The Morgan fingerprint density at radius 3 is 2.47 bits per heavy atom. The lowest BCUT2D eigenvalue weighted by molar-refractivity contribution is -0.140. The van der Waals surface area contributed by atoms with E-state index in [-0.39, 0.29) is 17.3 Å². The molecule has 0 atom stereocenters. The minimum atomic E-state index is -0.330. The highest BCUT2D eigenvalue weighted by Gasteiger charge is 2.45. The van der Waals surface area contributed by atoms with Crippen molar-refractivity contribution in [1.82, 2.24) is 5.32 Å². The monoisotopic (exact) mass is 423 g/mol. The molecule has 2 aromatic carbocycles. The smallest absolute Gasteiger partial charge is 0.336 e. The third kappa shape index (κ3) is 3.77. The average molecular weight is 424 g/mol. The zero-order valence-corrected chi connectivity index (χ0v) is 17.9. The Labute approximate surface area is 182 Å². The van der Waals surface area contributed by atoms with Gasteiger partial charge in [-0.2, -0.15) is 0 Å². The quantitative estimate of drug-likeness (QED) is 0.656. The van der Waals surface area contributed by atoms with Crippen molar-refractivity contribution in [3.05, 3.63) is 75.8 Å². The molecule has 1 N–H and O–H groups in total. The van der Waals surface area contributed by atoms with Crippen LogP contribution in [0.1, 0.15) is 60.5 Å². The minimum Gasteiger partial charge on any atom is -0.463 e. The summed E-state index contributed by atoms with van der Waals surface area (Å²) >= 11 is 6.26. The predicted molar refractivity (Wildman–Crippen MR) is 118 cm³/mol. The van der Waals surface area contributed by atoms with Crippen molar-refractivity contribution in [2.75, 3.05) is 6.61 Å². The molecule has 5 heteroatoms.